The van der Waals surface area contributed by atoms with Crippen molar-refractivity contribution in [3.05, 3.63) is 47.6 Å². The molecular weight excluding hydrogens is 750 g/mol. The van der Waals surface area contributed by atoms with Crippen molar-refractivity contribution in [1.82, 2.24) is 0 Å². The van der Waals surface area contributed by atoms with Crippen LogP contribution in [0.15, 0.2) is 47.6 Å². The lowest BCUT2D eigenvalue weighted by molar-refractivity contribution is -0.219. The highest BCUT2D eigenvalue weighted by Gasteiger charge is 2.77. The van der Waals surface area contributed by atoms with Crippen molar-refractivity contribution in [3.8, 4) is 0 Å². The first-order chi connectivity index (χ1) is 26.4. The molecular formula is C46H64F2O10. The van der Waals surface area contributed by atoms with Crippen LogP contribution < -0.4 is 0 Å². The molecule has 10 nitrogen and oxygen atoms in total. The topological polar surface area (TPSA) is 179 Å². The highest BCUT2D eigenvalue weighted by atomic mass is 19.1. The molecule has 0 heterocycles. The lowest BCUT2D eigenvalue weighted by atomic mass is 9.44. The summed E-state index contributed by atoms with van der Waals surface area (Å²) >= 11 is 0. The van der Waals surface area contributed by atoms with E-state index in [0.29, 0.717) is 44.1 Å². The Labute approximate surface area is 340 Å². The molecule has 8 aliphatic carbocycles. The Balaban J connectivity index is 0.000000192. The number of fused-ring (bicyclic) bond motifs is 10. The minimum absolute atomic E-state index is 0. The second kappa shape index (κ2) is 14.2. The average Bonchev–Trinajstić information content (AvgIpc) is 3.48. The van der Waals surface area contributed by atoms with Crippen LogP contribution in [-0.4, -0.2) is 104 Å². The van der Waals surface area contributed by atoms with Crippen LogP contribution in [0.25, 0.3) is 0 Å². The largest absolute Gasteiger partial charge is 0.390 e. The molecule has 8 aliphatic rings. The number of rotatable bonds is 5. The van der Waals surface area contributed by atoms with Crippen LogP contribution in [-0.2, 0) is 23.9 Å². The molecule has 0 aliphatic heterocycles. The van der Waals surface area contributed by atoms with Crippen molar-refractivity contribution in [2.45, 2.75) is 135 Å². The van der Waals surface area contributed by atoms with Gasteiger partial charge in [0.1, 0.15) is 24.4 Å². The quantitative estimate of drug-likeness (QED) is 0.252. The van der Waals surface area contributed by atoms with Gasteiger partial charge in [-0.3, -0.25) is 19.2 Å². The molecule has 0 radical (unpaired) electrons. The third kappa shape index (κ3) is 5.26. The number of hydrogen-bond acceptors (Lipinski definition) is 10. The van der Waals surface area contributed by atoms with Gasteiger partial charge in [-0.05, 0) is 113 Å². The summed E-state index contributed by atoms with van der Waals surface area (Å²) in [6, 6.07) is 0. The van der Waals surface area contributed by atoms with E-state index in [0.717, 1.165) is 5.57 Å². The Morgan fingerprint density at radius 1 is 0.724 bits per heavy atom. The van der Waals surface area contributed by atoms with Gasteiger partial charge in [0.05, 0.1) is 12.2 Å². The number of carbonyl (C=O) groups excluding carboxylic acids is 4. The molecule has 0 saturated heterocycles. The molecule has 0 aromatic heterocycles. The van der Waals surface area contributed by atoms with Gasteiger partial charge in [-0.15, -0.1) is 0 Å². The van der Waals surface area contributed by atoms with Crippen molar-refractivity contribution in [2.75, 3.05) is 20.3 Å². The molecule has 0 unspecified atom stereocenters. The van der Waals surface area contributed by atoms with Crippen molar-refractivity contribution in [2.24, 2.45) is 57.2 Å². The SMILES string of the molecule is C.COCC(=O)[C@@]1(O)[C@H](C)C[C@H]2[C@@H]3CCC4=CC(=O)C=C[C@]4(C)[C@@]3(F)[C@@H](O)C[C@@]21C.C[C@@H]1C[C@H]2[C@@H]3CCC4=CC(=O)C=C[C@]4(C)[C@@]3(F)[C@@H](O)C[C@]2(C)[C@@]1(O)C(=O)CO. The summed E-state index contributed by atoms with van der Waals surface area (Å²) in [5.74, 6) is -3.79. The van der Waals surface area contributed by atoms with Crippen LogP contribution >= 0.6 is 0 Å². The smallest absolute Gasteiger partial charge is 0.190 e. The highest BCUT2D eigenvalue weighted by molar-refractivity contribution is 6.02. The van der Waals surface area contributed by atoms with E-state index in [1.165, 1.54) is 31.4 Å². The fourth-order valence-electron chi connectivity index (χ4n) is 14.6. The fourth-order valence-corrected chi connectivity index (χ4v) is 14.6. The molecule has 0 aromatic carbocycles. The minimum Gasteiger partial charge on any atom is -0.390 e. The normalized spacial score (nSPS) is 50.9. The molecule has 6 fully saturated rings. The Kier molecular flexibility index (Phi) is 10.9. The maximum atomic E-state index is 16.9. The van der Waals surface area contributed by atoms with E-state index in [9.17, 15) is 44.7 Å². The van der Waals surface area contributed by atoms with E-state index in [-0.39, 0.29) is 56.2 Å². The summed E-state index contributed by atoms with van der Waals surface area (Å²) in [5, 5.41) is 54.8. The lowest BCUT2D eigenvalue weighted by Crippen LogP contribution is -2.69. The molecule has 5 N–H and O–H groups in total. The van der Waals surface area contributed by atoms with E-state index in [1.54, 1.807) is 39.8 Å². The predicted molar refractivity (Wildman–Crippen MR) is 211 cm³/mol. The Bertz CT molecular complexity index is 1890. The number of alkyl halides is 2. The molecule has 0 spiro atoms. The summed E-state index contributed by atoms with van der Waals surface area (Å²) in [7, 11) is 1.41. The minimum atomic E-state index is -1.98. The van der Waals surface area contributed by atoms with E-state index in [2.05, 4.69) is 0 Å². The van der Waals surface area contributed by atoms with Gasteiger partial charge in [0.15, 0.2) is 34.5 Å². The highest BCUT2D eigenvalue weighted by Crippen LogP contribution is 2.72. The first-order valence-electron chi connectivity index (χ1n) is 20.7. The van der Waals surface area contributed by atoms with Crippen LogP contribution in [0, 0.1) is 57.2 Å². The van der Waals surface area contributed by atoms with Gasteiger partial charge in [-0.1, -0.05) is 58.4 Å². The summed E-state index contributed by atoms with van der Waals surface area (Å²) in [5.41, 5.74) is -10.1. The number of halogens is 2. The first kappa shape index (κ1) is 44.8. The van der Waals surface area contributed by atoms with Crippen LogP contribution in [0.3, 0.4) is 0 Å². The Morgan fingerprint density at radius 2 is 1.10 bits per heavy atom. The second-order valence-corrected chi connectivity index (χ2v) is 19.8. The summed E-state index contributed by atoms with van der Waals surface area (Å²) in [4.78, 5) is 49.2. The van der Waals surface area contributed by atoms with Crippen molar-refractivity contribution in [3.63, 3.8) is 0 Å². The third-order valence-corrected chi connectivity index (χ3v) is 17.7. The maximum absolute atomic E-state index is 16.9. The number of ketones is 4. The van der Waals surface area contributed by atoms with Gasteiger partial charge in [0.2, 0.25) is 0 Å². The zero-order valence-electron chi connectivity index (χ0n) is 34.2. The molecule has 58 heavy (non-hydrogen) atoms. The number of ether oxygens (including phenoxy) is 1. The van der Waals surface area contributed by atoms with Crippen LogP contribution in [0.5, 0.6) is 0 Å². The third-order valence-electron chi connectivity index (χ3n) is 17.7. The summed E-state index contributed by atoms with van der Waals surface area (Å²) in [6.07, 6.45) is 9.16. The van der Waals surface area contributed by atoms with E-state index in [4.69, 9.17) is 4.74 Å². The van der Waals surface area contributed by atoms with Crippen LogP contribution in [0.1, 0.15) is 100 Å². The van der Waals surface area contributed by atoms with Gasteiger partial charge < -0.3 is 30.3 Å². The number of hydrogen-bond donors (Lipinski definition) is 5. The first-order valence-corrected chi connectivity index (χ1v) is 20.7. The van der Waals surface area contributed by atoms with Crippen molar-refractivity contribution < 1.29 is 58.2 Å². The standard InChI is InChI=1S/C23H31FO5.C22H29FO5.CH4/c1-13-9-17-16-6-5-14-10-15(25)7-8-20(14,2)22(16,24)18(26)11-21(17,3)23(13,28)19(27)12-29-4;1-12-8-16-15-5-4-13-9-14(25)6-7-19(13,2)21(15,23)17(26)10-20(16,3)22(12,28)18(27)11-24;/h7-8,10,13,16-18,26,28H,5-6,9,11-12H2,1-4H3;6-7,9,12,15-17,24,26,28H,4-5,8,10-11H2,1-3H3;1H4/t13-,16+,17+,18+,20+,21+,22+,23+;12-,15+,16+,17+,19+,20+,21+,22+;/m11./s1. The van der Waals surface area contributed by atoms with Gasteiger partial charge in [-0.2, -0.15) is 0 Å². The van der Waals surface area contributed by atoms with Crippen LogP contribution in [0.4, 0.5) is 8.78 Å². The molecule has 0 amide bonds. The molecule has 8 rings (SSSR count). The van der Waals surface area contributed by atoms with E-state index < -0.39 is 92.3 Å². The van der Waals surface area contributed by atoms with Crippen molar-refractivity contribution >= 4 is 23.1 Å². The second-order valence-electron chi connectivity index (χ2n) is 19.8. The number of Topliss-reactive ketones (excluding diaryl/α,β-unsaturated/α-hetero) is 2. The number of carbonyl (C=O) groups is 4. The van der Waals surface area contributed by atoms with Gasteiger partial charge >= 0.3 is 0 Å². The Morgan fingerprint density at radius 3 is 1.47 bits per heavy atom. The van der Waals surface area contributed by atoms with E-state index >= 15 is 8.78 Å². The lowest BCUT2D eigenvalue weighted by Gasteiger charge is -2.62. The molecule has 6 saturated carbocycles. The molecule has 16 atom stereocenters. The summed E-state index contributed by atoms with van der Waals surface area (Å²) in [6.45, 7) is 9.69. The number of methoxy groups -OCH3 is 1. The maximum Gasteiger partial charge on any atom is 0.190 e. The number of aliphatic hydroxyl groups is 5. The number of aliphatic hydroxyl groups excluding tert-OH is 3. The van der Waals surface area contributed by atoms with Gasteiger partial charge in [-0.25, -0.2) is 8.78 Å². The zero-order chi connectivity index (χ0) is 42.1. The van der Waals surface area contributed by atoms with Crippen LogP contribution in [0.2, 0.25) is 0 Å². The number of allylic oxidation sites excluding steroid dienone is 8. The molecule has 0 bridgehead atoms. The predicted octanol–water partition coefficient (Wildman–Crippen LogP) is 5.08. The van der Waals surface area contributed by atoms with Gasteiger partial charge in [0.25, 0.3) is 0 Å². The van der Waals surface area contributed by atoms with E-state index in [1.807, 2.05) is 13.8 Å². The molecule has 0 aromatic rings. The molecule has 322 valence electrons. The monoisotopic (exact) mass is 814 g/mol. The fraction of sp³-hybridized carbons (Fsp3) is 0.739. The Hall–Kier alpha value is -2.74. The summed E-state index contributed by atoms with van der Waals surface area (Å²) < 4.78 is 38.8. The average molecular weight is 815 g/mol. The van der Waals surface area contributed by atoms with Crippen molar-refractivity contribution in [1.29, 1.82) is 0 Å². The zero-order valence-corrected chi connectivity index (χ0v) is 34.2. The van der Waals surface area contributed by atoms with Gasteiger partial charge in [0, 0.05) is 40.6 Å². The molecule has 12 heteroatoms.